The number of aliphatic hydroxyl groups is 1. The van der Waals surface area contributed by atoms with E-state index in [2.05, 4.69) is 19.2 Å². The fourth-order valence-corrected chi connectivity index (χ4v) is 8.80. The minimum atomic E-state index is -4.75. The largest absolute Gasteiger partial charge is 0.480 e. The van der Waals surface area contributed by atoms with Gasteiger partial charge in [0.2, 0.25) is 5.91 Å². The molecule has 0 saturated carbocycles. The van der Waals surface area contributed by atoms with Crippen LogP contribution < -0.4 is 5.32 Å². The van der Waals surface area contributed by atoms with E-state index >= 15 is 0 Å². The van der Waals surface area contributed by atoms with Gasteiger partial charge in [0.25, 0.3) is 0 Å². The molecule has 63 heavy (non-hydrogen) atoms. The van der Waals surface area contributed by atoms with Gasteiger partial charge < -0.3 is 25.2 Å². The first-order valence-corrected chi connectivity index (χ1v) is 28.1. The lowest BCUT2D eigenvalue weighted by molar-refractivity contribution is -0.147. The Bertz CT molecular complexity index is 1080. The second-order valence-corrected chi connectivity index (χ2v) is 19.9. The van der Waals surface area contributed by atoms with Crippen LogP contribution in [0.15, 0.2) is 0 Å². The van der Waals surface area contributed by atoms with E-state index in [4.69, 9.17) is 13.8 Å². The van der Waals surface area contributed by atoms with Gasteiger partial charge in [0.1, 0.15) is 12.7 Å². The van der Waals surface area contributed by atoms with Gasteiger partial charge in [0, 0.05) is 12.8 Å². The van der Waals surface area contributed by atoms with Gasteiger partial charge in [-0.25, -0.2) is 9.36 Å². The number of hydrogen-bond acceptors (Lipinski definition) is 8. The molecule has 3 unspecified atom stereocenters. The Morgan fingerprint density at radius 2 is 0.730 bits per heavy atom. The van der Waals surface area contributed by atoms with Crippen molar-refractivity contribution in [2.45, 2.75) is 289 Å². The summed E-state index contributed by atoms with van der Waals surface area (Å²) in [6.45, 7) is 2.66. The topological polar surface area (TPSA) is 169 Å². The molecule has 0 rings (SSSR count). The van der Waals surface area contributed by atoms with Crippen molar-refractivity contribution in [3.05, 3.63) is 0 Å². The number of aliphatic hydroxyl groups excluding tert-OH is 1. The second-order valence-electron chi connectivity index (χ2n) is 18.4. The smallest absolute Gasteiger partial charge is 0.472 e. The first kappa shape index (κ1) is 61.5. The molecule has 0 saturated heterocycles. The van der Waals surface area contributed by atoms with Crippen LogP contribution in [0.4, 0.5) is 0 Å². The maximum Gasteiger partial charge on any atom is 0.472 e. The second kappa shape index (κ2) is 47.0. The van der Waals surface area contributed by atoms with Gasteiger partial charge in [-0.05, 0) is 12.8 Å². The fourth-order valence-electron chi connectivity index (χ4n) is 8.03. The van der Waals surface area contributed by atoms with Gasteiger partial charge >= 0.3 is 19.8 Å². The summed E-state index contributed by atoms with van der Waals surface area (Å²) in [5.41, 5.74) is 0. The summed E-state index contributed by atoms with van der Waals surface area (Å²) in [6, 6.07) is -1.54. The molecule has 0 spiro atoms. The van der Waals surface area contributed by atoms with Crippen molar-refractivity contribution in [1.82, 2.24) is 5.32 Å². The Labute approximate surface area is 386 Å². The van der Waals surface area contributed by atoms with E-state index in [0.29, 0.717) is 12.8 Å². The van der Waals surface area contributed by atoms with Crippen LogP contribution in [0.1, 0.15) is 277 Å². The Morgan fingerprint density at radius 1 is 0.444 bits per heavy atom. The quantitative estimate of drug-likeness (QED) is 0.0262. The summed E-state index contributed by atoms with van der Waals surface area (Å²) in [7, 11) is -4.75. The Balaban J connectivity index is 3.76. The van der Waals surface area contributed by atoms with E-state index in [1.807, 2.05) is 0 Å². The third-order valence-corrected chi connectivity index (χ3v) is 13.1. The van der Waals surface area contributed by atoms with E-state index in [9.17, 15) is 34.1 Å². The summed E-state index contributed by atoms with van der Waals surface area (Å²) in [5, 5.41) is 21.9. The summed E-state index contributed by atoms with van der Waals surface area (Å²) < 4.78 is 27.0. The minimum absolute atomic E-state index is 0.153. The van der Waals surface area contributed by atoms with E-state index in [1.165, 1.54) is 199 Å². The highest BCUT2D eigenvalue weighted by Gasteiger charge is 2.28. The van der Waals surface area contributed by atoms with E-state index in [1.54, 1.807) is 0 Å². The monoisotopic (exact) mass is 918 g/mol. The molecule has 0 aliphatic carbocycles. The van der Waals surface area contributed by atoms with Crippen molar-refractivity contribution in [2.75, 3.05) is 19.8 Å². The van der Waals surface area contributed by atoms with E-state index in [-0.39, 0.29) is 12.8 Å². The Kier molecular flexibility index (Phi) is 45.9. The van der Waals surface area contributed by atoms with Crippen LogP contribution in [0, 0.1) is 0 Å². The molecule has 0 aliphatic heterocycles. The highest BCUT2D eigenvalue weighted by atomic mass is 31.2. The number of carboxylic acids is 1. The molecule has 0 fully saturated rings. The Hall–Kier alpha value is -1.52. The number of esters is 1. The van der Waals surface area contributed by atoms with Gasteiger partial charge in [-0.3, -0.25) is 18.6 Å². The molecule has 374 valence electrons. The molecule has 0 aromatic carbocycles. The maximum atomic E-state index is 12.4. The third kappa shape index (κ3) is 46.8. The predicted molar refractivity (Wildman–Crippen MR) is 259 cm³/mol. The molecule has 0 bridgehead atoms. The SMILES string of the molecule is CCCCCCCCCCCCCCCCCCCCCCC(=O)OCC(O)COP(=O)(O)OCC(NC(=O)CCCCCCCCCCCCCCCCCCCCC)C(=O)O. The Morgan fingerprint density at radius 3 is 1.05 bits per heavy atom. The zero-order chi connectivity index (χ0) is 46.3. The van der Waals surface area contributed by atoms with Crippen LogP contribution in [-0.2, 0) is 32.7 Å². The fraction of sp³-hybridized carbons (Fsp3) is 0.941. The van der Waals surface area contributed by atoms with Gasteiger partial charge in [-0.2, -0.15) is 0 Å². The number of carbonyl (C=O) groups is 3. The average Bonchev–Trinajstić information content (AvgIpc) is 3.26. The molecule has 0 aliphatic rings. The average molecular weight is 918 g/mol. The number of hydrogen-bond donors (Lipinski definition) is 4. The summed E-state index contributed by atoms with van der Waals surface area (Å²) in [5.74, 6) is -2.34. The molecule has 0 aromatic heterocycles. The molecular weight excluding hydrogens is 818 g/mol. The van der Waals surface area contributed by atoms with E-state index in [0.717, 1.165) is 38.5 Å². The van der Waals surface area contributed by atoms with Crippen molar-refractivity contribution in [2.24, 2.45) is 0 Å². The highest BCUT2D eigenvalue weighted by molar-refractivity contribution is 7.47. The first-order valence-electron chi connectivity index (χ1n) is 26.6. The molecule has 4 N–H and O–H groups in total. The predicted octanol–water partition coefficient (Wildman–Crippen LogP) is 14.6. The summed E-state index contributed by atoms with van der Waals surface area (Å²) in [6.07, 6.45) is 48.4. The van der Waals surface area contributed by atoms with Gasteiger partial charge in [-0.1, -0.05) is 251 Å². The van der Waals surface area contributed by atoms with E-state index < -0.39 is 57.6 Å². The van der Waals surface area contributed by atoms with Crippen molar-refractivity contribution in [1.29, 1.82) is 0 Å². The van der Waals surface area contributed by atoms with Crippen LogP contribution in [0.25, 0.3) is 0 Å². The lowest BCUT2D eigenvalue weighted by Gasteiger charge is -2.18. The minimum Gasteiger partial charge on any atom is -0.480 e. The number of ether oxygens (including phenoxy) is 1. The van der Waals surface area contributed by atoms with Crippen molar-refractivity contribution in [3.8, 4) is 0 Å². The molecule has 3 atom stereocenters. The lowest BCUT2D eigenvalue weighted by Crippen LogP contribution is -2.43. The molecule has 12 heteroatoms. The molecule has 11 nitrogen and oxygen atoms in total. The van der Waals surface area contributed by atoms with Crippen LogP contribution in [0.2, 0.25) is 0 Å². The standard InChI is InChI=1S/C51H100NO10P/c1-3-5-7-9-11-13-15-17-19-21-23-25-27-29-31-33-35-37-39-41-43-50(55)60-44-47(53)45-61-63(58,59)62-46-48(51(56)57)52-49(54)42-40-38-36-34-32-30-28-26-24-22-20-18-16-14-12-10-8-6-4-2/h47-48,53H,3-46H2,1-2H3,(H,52,54)(H,56,57)(H,58,59). The molecular formula is C51H100NO10P. The number of unbranched alkanes of at least 4 members (excludes halogenated alkanes) is 37. The van der Waals surface area contributed by atoms with Crippen LogP contribution in [0.5, 0.6) is 0 Å². The molecule has 1 amide bonds. The van der Waals surface area contributed by atoms with Crippen molar-refractivity contribution in [3.63, 3.8) is 0 Å². The van der Waals surface area contributed by atoms with Crippen molar-refractivity contribution < 1.29 is 47.8 Å². The summed E-state index contributed by atoms with van der Waals surface area (Å²) in [4.78, 5) is 46.1. The summed E-state index contributed by atoms with van der Waals surface area (Å²) >= 11 is 0. The third-order valence-electron chi connectivity index (χ3n) is 12.1. The number of amides is 1. The number of nitrogens with one attached hydrogen (secondary N) is 1. The van der Waals surface area contributed by atoms with Gasteiger partial charge in [-0.15, -0.1) is 0 Å². The van der Waals surface area contributed by atoms with Crippen LogP contribution >= 0.6 is 7.82 Å². The molecule has 0 aromatic rings. The maximum absolute atomic E-state index is 12.4. The zero-order valence-corrected chi connectivity index (χ0v) is 41.8. The first-order chi connectivity index (χ1) is 30.6. The van der Waals surface area contributed by atoms with Crippen LogP contribution in [-0.4, -0.2) is 64.9 Å². The number of carboxylic acid groups (broad SMARTS) is 1. The van der Waals surface area contributed by atoms with Crippen LogP contribution in [0.3, 0.4) is 0 Å². The normalized spacial score (nSPS) is 13.5. The number of phosphoric ester groups is 1. The van der Waals surface area contributed by atoms with Crippen molar-refractivity contribution >= 4 is 25.7 Å². The number of aliphatic carboxylic acids is 1. The number of rotatable bonds is 51. The lowest BCUT2D eigenvalue weighted by atomic mass is 10.0. The molecule has 0 heterocycles. The van der Waals surface area contributed by atoms with Gasteiger partial charge in [0.05, 0.1) is 13.2 Å². The van der Waals surface area contributed by atoms with Gasteiger partial charge in [0.15, 0.2) is 6.04 Å². The number of carbonyl (C=O) groups excluding carboxylic acids is 2. The zero-order valence-electron chi connectivity index (χ0n) is 40.9. The molecule has 0 radical (unpaired) electrons. The number of phosphoric acid groups is 1. The highest BCUT2D eigenvalue weighted by Crippen LogP contribution is 2.43.